The summed E-state index contributed by atoms with van der Waals surface area (Å²) in [6.45, 7) is 7.14. The van der Waals surface area contributed by atoms with Crippen LogP contribution in [0, 0.1) is 0 Å². The van der Waals surface area contributed by atoms with Crippen molar-refractivity contribution in [1.82, 2.24) is 4.90 Å². The van der Waals surface area contributed by atoms with Crippen LogP contribution in [0.3, 0.4) is 0 Å². The Morgan fingerprint density at radius 2 is 2.05 bits per heavy atom. The zero-order valence-electron chi connectivity index (χ0n) is 12.2. The first-order valence-electron chi connectivity index (χ1n) is 6.58. The molecule has 2 unspecified atom stereocenters. The summed E-state index contributed by atoms with van der Waals surface area (Å²) in [5, 5.41) is 9.69. The van der Waals surface area contributed by atoms with E-state index in [2.05, 4.69) is 0 Å². The first-order valence-corrected chi connectivity index (χ1v) is 6.58. The van der Waals surface area contributed by atoms with Crippen LogP contribution in [0.25, 0.3) is 0 Å². The molecule has 0 radical (unpaired) electrons. The summed E-state index contributed by atoms with van der Waals surface area (Å²) in [6.07, 6.45) is -0.389. The number of methoxy groups -OCH3 is 1. The SMILES string of the molecule is COCCOCC1CC(O)CN1C(=O)OC(C)(C)C. The highest BCUT2D eigenvalue weighted by molar-refractivity contribution is 5.69. The molecule has 0 bridgehead atoms. The average Bonchev–Trinajstić information content (AvgIpc) is 2.64. The predicted molar refractivity (Wildman–Crippen MR) is 70.0 cm³/mol. The second-order valence-corrected chi connectivity index (χ2v) is 5.74. The topological polar surface area (TPSA) is 68.2 Å². The van der Waals surface area contributed by atoms with Crippen LogP contribution in [0.1, 0.15) is 27.2 Å². The molecule has 1 aliphatic rings. The molecule has 0 spiro atoms. The Labute approximate surface area is 114 Å². The number of carbonyl (C=O) groups is 1. The van der Waals surface area contributed by atoms with Crippen LogP contribution < -0.4 is 0 Å². The quantitative estimate of drug-likeness (QED) is 0.759. The van der Waals surface area contributed by atoms with Gasteiger partial charge in [0.05, 0.1) is 38.5 Å². The lowest BCUT2D eigenvalue weighted by Gasteiger charge is -2.28. The van der Waals surface area contributed by atoms with E-state index in [9.17, 15) is 9.90 Å². The molecule has 1 aliphatic heterocycles. The molecule has 0 aromatic heterocycles. The number of aliphatic hydroxyl groups excluding tert-OH is 1. The molecular weight excluding hydrogens is 250 g/mol. The van der Waals surface area contributed by atoms with Gasteiger partial charge in [-0.05, 0) is 27.2 Å². The zero-order valence-corrected chi connectivity index (χ0v) is 12.2. The molecule has 19 heavy (non-hydrogen) atoms. The van der Waals surface area contributed by atoms with Gasteiger partial charge in [0.15, 0.2) is 0 Å². The Morgan fingerprint density at radius 1 is 1.37 bits per heavy atom. The molecule has 1 N–H and O–H groups in total. The third-order valence-electron chi connectivity index (χ3n) is 2.76. The van der Waals surface area contributed by atoms with Gasteiger partial charge in [-0.3, -0.25) is 0 Å². The number of β-amino-alcohol motifs (C(OH)–C–C–N with tert-alkyl or cyclic N) is 1. The minimum atomic E-state index is -0.536. The fourth-order valence-electron chi connectivity index (χ4n) is 1.96. The van der Waals surface area contributed by atoms with Crippen LogP contribution >= 0.6 is 0 Å². The molecule has 0 aliphatic carbocycles. The van der Waals surface area contributed by atoms with Gasteiger partial charge in [-0.15, -0.1) is 0 Å². The number of rotatable bonds is 5. The summed E-state index contributed by atoms with van der Waals surface area (Å²) in [6, 6.07) is -0.137. The molecule has 1 heterocycles. The van der Waals surface area contributed by atoms with Crippen LogP contribution in [0.15, 0.2) is 0 Å². The summed E-state index contributed by atoms with van der Waals surface area (Å²) in [7, 11) is 1.61. The Morgan fingerprint density at radius 3 is 2.63 bits per heavy atom. The van der Waals surface area contributed by atoms with E-state index in [1.54, 1.807) is 12.0 Å². The number of aliphatic hydroxyl groups is 1. The average molecular weight is 275 g/mol. The monoisotopic (exact) mass is 275 g/mol. The van der Waals surface area contributed by atoms with E-state index in [0.29, 0.717) is 32.8 Å². The molecule has 2 atom stereocenters. The van der Waals surface area contributed by atoms with Crippen molar-refractivity contribution >= 4 is 6.09 Å². The lowest BCUT2D eigenvalue weighted by atomic mass is 10.2. The highest BCUT2D eigenvalue weighted by atomic mass is 16.6. The molecule has 0 aromatic carbocycles. The maximum absolute atomic E-state index is 12.0. The first kappa shape index (κ1) is 16.2. The maximum atomic E-state index is 12.0. The minimum Gasteiger partial charge on any atom is -0.444 e. The van der Waals surface area contributed by atoms with Gasteiger partial charge in [-0.2, -0.15) is 0 Å². The van der Waals surface area contributed by atoms with Crippen LogP contribution in [0.2, 0.25) is 0 Å². The van der Waals surface area contributed by atoms with Gasteiger partial charge in [0.1, 0.15) is 5.60 Å². The van der Waals surface area contributed by atoms with E-state index in [1.165, 1.54) is 0 Å². The molecule has 1 fully saturated rings. The van der Waals surface area contributed by atoms with Gasteiger partial charge >= 0.3 is 6.09 Å². The van der Waals surface area contributed by atoms with Crippen LogP contribution in [-0.4, -0.2) is 67.3 Å². The Kier molecular flexibility index (Phi) is 6.03. The maximum Gasteiger partial charge on any atom is 0.410 e. The summed E-state index contributed by atoms with van der Waals surface area (Å²) < 4.78 is 15.6. The first-order chi connectivity index (χ1) is 8.83. The van der Waals surface area contributed by atoms with Gasteiger partial charge in [0.25, 0.3) is 0 Å². The molecule has 1 amide bonds. The van der Waals surface area contributed by atoms with E-state index in [1.807, 2.05) is 20.8 Å². The second-order valence-electron chi connectivity index (χ2n) is 5.74. The van der Waals surface area contributed by atoms with E-state index in [4.69, 9.17) is 14.2 Å². The van der Waals surface area contributed by atoms with E-state index >= 15 is 0 Å². The third kappa shape index (κ3) is 5.76. The van der Waals surface area contributed by atoms with Gasteiger partial charge < -0.3 is 24.2 Å². The molecule has 6 heteroatoms. The molecule has 112 valence electrons. The molecule has 0 saturated carbocycles. The van der Waals surface area contributed by atoms with Crippen molar-refractivity contribution in [3.63, 3.8) is 0 Å². The smallest absolute Gasteiger partial charge is 0.410 e. The zero-order chi connectivity index (χ0) is 14.5. The van der Waals surface area contributed by atoms with Crippen LogP contribution in [-0.2, 0) is 14.2 Å². The number of hydrogen-bond donors (Lipinski definition) is 1. The van der Waals surface area contributed by atoms with E-state index in [0.717, 1.165) is 0 Å². The normalized spacial score (nSPS) is 23.7. The van der Waals surface area contributed by atoms with Gasteiger partial charge in [-0.25, -0.2) is 4.79 Å². The number of carbonyl (C=O) groups excluding carboxylic acids is 1. The fourth-order valence-corrected chi connectivity index (χ4v) is 1.96. The summed E-state index contributed by atoms with van der Waals surface area (Å²) in [5.74, 6) is 0. The van der Waals surface area contributed by atoms with Crippen molar-refractivity contribution < 1.29 is 24.1 Å². The predicted octanol–water partition coefficient (Wildman–Crippen LogP) is 1.02. The van der Waals surface area contributed by atoms with Crippen LogP contribution in [0.5, 0.6) is 0 Å². The number of likely N-dealkylation sites (tertiary alicyclic amines) is 1. The standard InChI is InChI=1S/C13H25NO5/c1-13(2,3)19-12(16)14-8-11(15)7-10(14)9-18-6-5-17-4/h10-11,15H,5-9H2,1-4H3. The second kappa shape index (κ2) is 7.07. The van der Waals surface area contributed by atoms with Crippen molar-refractivity contribution in [3.05, 3.63) is 0 Å². The van der Waals surface area contributed by atoms with Gasteiger partial charge in [0.2, 0.25) is 0 Å². The van der Waals surface area contributed by atoms with Gasteiger partial charge in [-0.1, -0.05) is 0 Å². The molecule has 6 nitrogen and oxygen atoms in total. The Balaban J connectivity index is 2.47. The van der Waals surface area contributed by atoms with Crippen molar-refractivity contribution in [1.29, 1.82) is 0 Å². The van der Waals surface area contributed by atoms with E-state index < -0.39 is 17.8 Å². The van der Waals surface area contributed by atoms with E-state index in [-0.39, 0.29) is 6.04 Å². The molecule has 0 aromatic rings. The number of nitrogens with zero attached hydrogens (tertiary/aromatic N) is 1. The minimum absolute atomic E-state index is 0.137. The van der Waals surface area contributed by atoms with Crippen molar-refractivity contribution in [2.45, 2.75) is 44.9 Å². The lowest BCUT2D eigenvalue weighted by Crippen LogP contribution is -2.42. The molecule has 1 saturated heterocycles. The fraction of sp³-hybridized carbons (Fsp3) is 0.923. The molecule has 1 rings (SSSR count). The lowest BCUT2D eigenvalue weighted by molar-refractivity contribution is 0.00468. The number of ether oxygens (including phenoxy) is 3. The summed E-state index contributed by atoms with van der Waals surface area (Å²) in [5.41, 5.74) is -0.536. The Hall–Kier alpha value is -0.850. The summed E-state index contributed by atoms with van der Waals surface area (Å²) >= 11 is 0. The van der Waals surface area contributed by atoms with Crippen molar-refractivity contribution in [2.75, 3.05) is 33.5 Å². The third-order valence-corrected chi connectivity index (χ3v) is 2.76. The van der Waals surface area contributed by atoms with Crippen molar-refractivity contribution in [2.24, 2.45) is 0 Å². The summed E-state index contributed by atoms with van der Waals surface area (Å²) in [4.78, 5) is 13.6. The van der Waals surface area contributed by atoms with Crippen molar-refractivity contribution in [3.8, 4) is 0 Å². The highest BCUT2D eigenvalue weighted by Crippen LogP contribution is 2.21. The Bertz CT molecular complexity index is 289. The van der Waals surface area contributed by atoms with Gasteiger partial charge in [0, 0.05) is 7.11 Å². The molecular formula is C13H25NO5. The van der Waals surface area contributed by atoms with Crippen LogP contribution in [0.4, 0.5) is 4.79 Å². The number of hydrogen-bond acceptors (Lipinski definition) is 5. The number of amides is 1. The largest absolute Gasteiger partial charge is 0.444 e. The highest BCUT2D eigenvalue weighted by Gasteiger charge is 2.36.